The molecule has 1 fully saturated rings. The first-order valence-electron chi connectivity index (χ1n) is 8.64. The Bertz CT molecular complexity index is 468. The molecule has 0 aliphatic carbocycles. The van der Waals surface area contributed by atoms with Crippen molar-refractivity contribution in [1.29, 1.82) is 0 Å². The van der Waals surface area contributed by atoms with Crippen molar-refractivity contribution in [3.63, 3.8) is 0 Å². The third-order valence-corrected chi connectivity index (χ3v) is 4.40. The summed E-state index contributed by atoms with van der Waals surface area (Å²) in [5.74, 6) is 0.535. The number of benzene rings is 1. The third kappa shape index (κ3) is 4.73. The largest absolute Gasteiger partial charge is 0.370 e. The van der Waals surface area contributed by atoms with Crippen LogP contribution in [0.4, 0.5) is 5.69 Å². The highest BCUT2D eigenvalue weighted by Gasteiger charge is 2.09. The number of nitrogens with zero attached hydrogens (tertiary/aromatic N) is 2. The lowest BCUT2D eigenvalue weighted by Gasteiger charge is -2.25. The van der Waals surface area contributed by atoms with Crippen molar-refractivity contribution < 1.29 is 0 Å². The van der Waals surface area contributed by atoms with Crippen LogP contribution in [0.5, 0.6) is 0 Å². The Morgan fingerprint density at radius 1 is 1.14 bits per heavy atom. The van der Waals surface area contributed by atoms with Crippen molar-refractivity contribution in [2.24, 2.45) is 10.7 Å². The zero-order chi connectivity index (χ0) is 15.8. The summed E-state index contributed by atoms with van der Waals surface area (Å²) >= 11 is 0. The second kappa shape index (κ2) is 8.79. The van der Waals surface area contributed by atoms with Gasteiger partial charge in [-0.15, -0.1) is 0 Å². The van der Waals surface area contributed by atoms with E-state index >= 15 is 0 Å². The summed E-state index contributed by atoms with van der Waals surface area (Å²) in [6.45, 7) is 8.54. The lowest BCUT2D eigenvalue weighted by molar-refractivity contribution is 0.235. The highest BCUT2D eigenvalue weighted by atomic mass is 15.2. The molecule has 1 heterocycles. The maximum atomic E-state index is 6.09. The van der Waals surface area contributed by atoms with Gasteiger partial charge in [-0.3, -0.25) is 4.99 Å². The lowest BCUT2D eigenvalue weighted by Crippen LogP contribution is -2.33. The number of aryl methyl sites for hydroxylation is 2. The zero-order valence-electron chi connectivity index (χ0n) is 14.1. The minimum Gasteiger partial charge on any atom is -0.370 e. The molecule has 4 heteroatoms. The summed E-state index contributed by atoms with van der Waals surface area (Å²) < 4.78 is 0. The molecule has 1 aromatic carbocycles. The van der Waals surface area contributed by atoms with Crippen LogP contribution in [0.1, 0.15) is 44.2 Å². The number of piperidine rings is 1. The van der Waals surface area contributed by atoms with Crippen LogP contribution in [0.2, 0.25) is 0 Å². The molecule has 4 nitrogen and oxygen atoms in total. The molecule has 1 aliphatic rings. The van der Waals surface area contributed by atoms with E-state index in [9.17, 15) is 0 Å². The van der Waals surface area contributed by atoms with Crippen LogP contribution < -0.4 is 11.1 Å². The van der Waals surface area contributed by atoms with Gasteiger partial charge in [-0.1, -0.05) is 38.5 Å². The van der Waals surface area contributed by atoms with Gasteiger partial charge in [0.15, 0.2) is 5.96 Å². The fourth-order valence-corrected chi connectivity index (χ4v) is 3.07. The summed E-state index contributed by atoms with van der Waals surface area (Å²) in [6.07, 6.45) is 6.01. The van der Waals surface area contributed by atoms with Crippen LogP contribution in [0, 0.1) is 0 Å². The quantitative estimate of drug-likeness (QED) is 0.627. The average molecular weight is 302 g/mol. The summed E-state index contributed by atoms with van der Waals surface area (Å²) in [4.78, 5) is 6.99. The number of anilines is 1. The molecular weight excluding hydrogens is 272 g/mol. The van der Waals surface area contributed by atoms with Gasteiger partial charge < -0.3 is 16.0 Å². The number of hydrogen-bond acceptors (Lipinski definition) is 2. The third-order valence-electron chi connectivity index (χ3n) is 4.40. The van der Waals surface area contributed by atoms with Crippen molar-refractivity contribution in [2.75, 3.05) is 31.5 Å². The predicted octanol–water partition coefficient (Wildman–Crippen LogP) is 3.02. The lowest BCUT2D eigenvalue weighted by atomic mass is 10.0. The smallest absolute Gasteiger partial charge is 0.193 e. The summed E-state index contributed by atoms with van der Waals surface area (Å²) in [5.41, 5.74) is 9.83. The van der Waals surface area contributed by atoms with E-state index in [4.69, 9.17) is 5.73 Å². The summed E-state index contributed by atoms with van der Waals surface area (Å²) in [6, 6.07) is 6.43. The molecule has 0 atom stereocenters. The zero-order valence-corrected chi connectivity index (χ0v) is 14.1. The van der Waals surface area contributed by atoms with Crippen LogP contribution in [0.3, 0.4) is 0 Å². The molecule has 0 bridgehead atoms. The monoisotopic (exact) mass is 302 g/mol. The molecular formula is C18H30N4. The van der Waals surface area contributed by atoms with E-state index in [2.05, 4.69) is 47.3 Å². The fraction of sp³-hybridized carbons (Fsp3) is 0.611. The summed E-state index contributed by atoms with van der Waals surface area (Å²) in [5, 5.41) is 3.33. The molecule has 3 N–H and O–H groups in total. The molecule has 22 heavy (non-hydrogen) atoms. The van der Waals surface area contributed by atoms with E-state index in [1.807, 2.05) is 0 Å². The molecule has 1 aromatic rings. The van der Waals surface area contributed by atoms with Gasteiger partial charge in [0.2, 0.25) is 0 Å². The van der Waals surface area contributed by atoms with E-state index < -0.39 is 0 Å². The van der Waals surface area contributed by atoms with Crippen LogP contribution in [-0.4, -0.2) is 37.0 Å². The number of para-hydroxylation sites is 1. The second-order valence-electron chi connectivity index (χ2n) is 5.95. The van der Waals surface area contributed by atoms with Crippen molar-refractivity contribution in [3.8, 4) is 0 Å². The Hall–Kier alpha value is -1.55. The Labute approximate surface area is 134 Å². The topological polar surface area (TPSA) is 53.6 Å². The number of hydrogen-bond donors (Lipinski definition) is 2. The van der Waals surface area contributed by atoms with Crippen LogP contribution in [-0.2, 0) is 12.8 Å². The number of nitrogens with two attached hydrogens (primary N) is 1. The number of rotatable bonds is 6. The Morgan fingerprint density at radius 3 is 2.36 bits per heavy atom. The molecule has 0 aromatic heterocycles. The van der Waals surface area contributed by atoms with E-state index in [1.165, 1.54) is 43.5 Å². The Kier molecular flexibility index (Phi) is 6.72. The van der Waals surface area contributed by atoms with Gasteiger partial charge in [-0.25, -0.2) is 0 Å². The van der Waals surface area contributed by atoms with E-state index in [1.54, 1.807) is 0 Å². The van der Waals surface area contributed by atoms with Gasteiger partial charge in [0.05, 0.1) is 6.54 Å². The van der Waals surface area contributed by atoms with Crippen molar-refractivity contribution >= 4 is 11.6 Å². The van der Waals surface area contributed by atoms with Crippen LogP contribution in [0.25, 0.3) is 0 Å². The SMILES string of the molecule is CCc1cccc(CC)c1NC(N)=NCCN1CCCCC1. The van der Waals surface area contributed by atoms with Crippen LogP contribution in [0.15, 0.2) is 23.2 Å². The van der Waals surface area contributed by atoms with Gasteiger partial charge in [-0.2, -0.15) is 0 Å². The second-order valence-corrected chi connectivity index (χ2v) is 5.95. The minimum atomic E-state index is 0.535. The van der Waals surface area contributed by atoms with Gasteiger partial charge in [0.1, 0.15) is 0 Å². The van der Waals surface area contributed by atoms with E-state index in [-0.39, 0.29) is 0 Å². The van der Waals surface area contributed by atoms with Gasteiger partial charge in [0.25, 0.3) is 0 Å². The highest BCUT2D eigenvalue weighted by molar-refractivity contribution is 5.93. The Morgan fingerprint density at radius 2 is 1.77 bits per heavy atom. The summed E-state index contributed by atoms with van der Waals surface area (Å²) in [7, 11) is 0. The van der Waals surface area contributed by atoms with E-state index in [0.29, 0.717) is 5.96 Å². The predicted molar refractivity (Wildman–Crippen MR) is 95.6 cm³/mol. The van der Waals surface area contributed by atoms with Gasteiger partial charge in [-0.05, 0) is 49.9 Å². The molecule has 1 saturated heterocycles. The molecule has 0 saturated carbocycles. The Balaban J connectivity index is 1.93. The molecule has 0 radical (unpaired) electrons. The van der Waals surface area contributed by atoms with E-state index in [0.717, 1.165) is 31.6 Å². The normalized spacial score (nSPS) is 16.7. The van der Waals surface area contributed by atoms with Crippen molar-refractivity contribution in [2.45, 2.75) is 46.0 Å². The number of nitrogens with one attached hydrogen (secondary N) is 1. The maximum absolute atomic E-state index is 6.09. The first kappa shape index (κ1) is 16.8. The minimum absolute atomic E-state index is 0.535. The first-order valence-corrected chi connectivity index (χ1v) is 8.64. The molecule has 122 valence electrons. The molecule has 1 aliphatic heterocycles. The average Bonchev–Trinajstić information content (AvgIpc) is 2.56. The standard InChI is InChI=1S/C18H30N4/c1-3-15-9-8-10-16(4-2)17(15)21-18(19)20-11-14-22-12-6-5-7-13-22/h8-10H,3-7,11-14H2,1-2H3,(H3,19,20,21). The molecule has 0 amide bonds. The number of guanidine groups is 1. The molecule has 2 rings (SSSR count). The molecule has 0 spiro atoms. The molecule has 0 unspecified atom stereocenters. The van der Waals surface area contributed by atoms with Crippen molar-refractivity contribution in [3.05, 3.63) is 29.3 Å². The van der Waals surface area contributed by atoms with Crippen molar-refractivity contribution in [1.82, 2.24) is 4.90 Å². The fourth-order valence-electron chi connectivity index (χ4n) is 3.07. The highest BCUT2D eigenvalue weighted by Crippen LogP contribution is 2.22. The number of aliphatic imine (C=N–C) groups is 1. The number of likely N-dealkylation sites (tertiary alicyclic amines) is 1. The van der Waals surface area contributed by atoms with Crippen LogP contribution >= 0.6 is 0 Å². The van der Waals surface area contributed by atoms with Gasteiger partial charge >= 0.3 is 0 Å². The van der Waals surface area contributed by atoms with Gasteiger partial charge in [0, 0.05) is 12.2 Å². The first-order chi connectivity index (χ1) is 10.7. The maximum Gasteiger partial charge on any atom is 0.193 e.